The van der Waals surface area contributed by atoms with Gasteiger partial charge in [-0.3, -0.25) is 4.79 Å². The van der Waals surface area contributed by atoms with Crippen molar-refractivity contribution in [2.45, 2.75) is 32.0 Å². The zero-order chi connectivity index (χ0) is 21.3. The van der Waals surface area contributed by atoms with Crippen molar-refractivity contribution < 1.29 is 9.21 Å². The van der Waals surface area contributed by atoms with E-state index in [1.54, 1.807) is 23.3 Å². The van der Waals surface area contributed by atoms with Gasteiger partial charge in [0, 0.05) is 12.6 Å². The molecule has 0 bridgehead atoms. The van der Waals surface area contributed by atoms with Crippen LogP contribution in [-0.4, -0.2) is 38.8 Å². The number of aromatic nitrogens is 3. The number of carbonyl (C=O) groups excluding carboxylic acids is 1. The molecule has 0 saturated heterocycles. The van der Waals surface area contributed by atoms with Gasteiger partial charge in [-0.1, -0.05) is 41.1 Å². The van der Waals surface area contributed by atoms with Crippen LogP contribution in [0.15, 0.2) is 52.1 Å². The van der Waals surface area contributed by atoms with Gasteiger partial charge < -0.3 is 9.32 Å². The number of benzene rings is 2. The third kappa shape index (κ3) is 4.39. The Kier molecular flexibility index (Phi) is 5.87. The first kappa shape index (κ1) is 20.6. The number of thiazole rings is 1. The SMILES string of the molecule is Cc1cc(C)cc(-c2nnc(SCC(=O)N(C)C(C)c3nc4ccccc4s3)o2)c1. The molecule has 0 N–H and O–H groups in total. The molecule has 0 aliphatic rings. The van der Waals surface area contributed by atoms with Crippen molar-refractivity contribution in [2.24, 2.45) is 0 Å². The molecule has 0 aliphatic heterocycles. The third-order valence-corrected chi connectivity index (χ3v) is 6.85. The van der Waals surface area contributed by atoms with E-state index in [0.717, 1.165) is 31.9 Å². The topological polar surface area (TPSA) is 72.1 Å². The predicted octanol–water partition coefficient (Wildman–Crippen LogP) is 5.27. The highest BCUT2D eigenvalue weighted by atomic mass is 32.2. The fourth-order valence-electron chi connectivity index (χ4n) is 3.16. The molecule has 4 aromatic rings. The molecule has 4 rings (SSSR count). The van der Waals surface area contributed by atoms with Crippen molar-refractivity contribution in [3.8, 4) is 11.5 Å². The molecule has 6 nitrogen and oxygen atoms in total. The van der Waals surface area contributed by atoms with Crippen molar-refractivity contribution in [2.75, 3.05) is 12.8 Å². The number of rotatable bonds is 6. The van der Waals surface area contributed by atoms with E-state index in [0.29, 0.717) is 11.1 Å². The maximum atomic E-state index is 12.7. The van der Waals surface area contributed by atoms with E-state index in [-0.39, 0.29) is 17.7 Å². The van der Waals surface area contributed by atoms with Crippen LogP contribution < -0.4 is 0 Å². The molecular weight excluding hydrogens is 416 g/mol. The molecule has 30 heavy (non-hydrogen) atoms. The Morgan fingerprint density at radius 3 is 2.63 bits per heavy atom. The lowest BCUT2D eigenvalue weighted by Crippen LogP contribution is -2.31. The van der Waals surface area contributed by atoms with Crippen molar-refractivity contribution in [1.29, 1.82) is 0 Å². The summed E-state index contributed by atoms with van der Waals surface area (Å²) < 4.78 is 6.88. The number of amides is 1. The Bertz CT molecular complexity index is 1150. The van der Waals surface area contributed by atoms with Crippen LogP contribution in [0.1, 0.15) is 29.1 Å². The standard InChI is InChI=1S/C22H22N4O2S2/c1-13-9-14(2)11-16(10-13)20-24-25-22(28-20)29-12-19(27)26(4)15(3)21-23-17-7-5-6-8-18(17)30-21/h5-11,15H,12H2,1-4H3. The number of nitrogens with zero attached hydrogens (tertiary/aromatic N) is 4. The Balaban J connectivity index is 1.40. The monoisotopic (exact) mass is 438 g/mol. The van der Waals surface area contributed by atoms with Gasteiger partial charge in [-0.15, -0.1) is 21.5 Å². The van der Waals surface area contributed by atoms with E-state index in [4.69, 9.17) is 4.42 Å². The number of hydrogen-bond acceptors (Lipinski definition) is 7. The van der Waals surface area contributed by atoms with Crippen LogP contribution in [0.4, 0.5) is 0 Å². The van der Waals surface area contributed by atoms with E-state index in [9.17, 15) is 4.79 Å². The summed E-state index contributed by atoms with van der Waals surface area (Å²) >= 11 is 2.87. The summed E-state index contributed by atoms with van der Waals surface area (Å²) in [6, 6.07) is 14.0. The van der Waals surface area contributed by atoms with Gasteiger partial charge in [0.05, 0.1) is 22.0 Å². The van der Waals surface area contributed by atoms with E-state index < -0.39 is 0 Å². The number of fused-ring (bicyclic) bond motifs is 1. The van der Waals surface area contributed by atoms with Crippen molar-refractivity contribution >= 4 is 39.2 Å². The lowest BCUT2D eigenvalue weighted by Gasteiger charge is -2.22. The smallest absolute Gasteiger partial charge is 0.277 e. The largest absolute Gasteiger partial charge is 0.411 e. The minimum Gasteiger partial charge on any atom is -0.411 e. The van der Waals surface area contributed by atoms with Gasteiger partial charge in [0.15, 0.2) is 0 Å². The molecule has 0 saturated carbocycles. The van der Waals surface area contributed by atoms with Gasteiger partial charge in [0.2, 0.25) is 11.8 Å². The van der Waals surface area contributed by atoms with Gasteiger partial charge in [0.1, 0.15) is 5.01 Å². The molecule has 154 valence electrons. The first-order valence-electron chi connectivity index (χ1n) is 9.57. The van der Waals surface area contributed by atoms with E-state index in [2.05, 4.69) is 21.2 Å². The maximum Gasteiger partial charge on any atom is 0.277 e. The number of carbonyl (C=O) groups is 1. The van der Waals surface area contributed by atoms with Crippen LogP contribution in [0.5, 0.6) is 0 Å². The zero-order valence-electron chi connectivity index (χ0n) is 17.2. The van der Waals surface area contributed by atoms with Crippen LogP contribution in [0.25, 0.3) is 21.7 Å². The van der Waals surface area contributed by atoms with Gasteiger partial charge >= 0.3 is 0 Å². The molecular formula is C22H22N4O2S2. The van der Waals surface area contributed by atoms with Crippen LogP contribution in [0.2, 0.25) is 0 Å². The van der Waals surface area contributed by atoms with Gasteiger partial charge in [-0.05, 0) is 45.0 Å². The molecule has 8 heteroatoms. The Hall–Kier alpha value is -2.71. The van der Waals surface area contributed by atoms with Crippen molar-refractivity contribution in [3.63, 3.8) is 0 Å². The predicted molar refractivity (Wildman–Crippen MR) is 121 cm³/mol. The lowest BCUT2D eigenvalue weighted by atomic mass is 10.1. The summed E-state index contributed by atoms with van der Waals surface area (Å²) in [5, 5.41) is 9.52. The molecule has 0 fully saturated rings. The maximum absolute atomic E-state index is 12.7. The fraction of sp³-hybridized carbons (Fsp3) is 0.273. The lowest BCUT2D eigenvalue weighted by molar-refractivity contribution is -0.128. The van der Waals surface area contributed by atoms with E-state index in [1.807, 2.05) is 57.2 Å². The van der Waals surface area contributed by atoms with Gasteiger partial charge in [-0.2, -0.15) is 0 Å². The quantitative estimate of drug-likeness (QED) is 0.382. The number of aryl methyl sites for hydroxylation is 2. The summed E-state index contributed by atoms with van der Waals surface area (Å²) in [5.41, 5.74) is 4.13. The summed E-state index contributed by atoms with van der Waals surface area (Å²) in [4.78, 5) is 19.1. The van der Waals surface area contributed by atoms with Crippen LogP contribution in [-0.2, 0) is 4.79 Å². The molecule has 1 unspecified atom stereocenters. The van der Waals surface area contributed by atoms with Crippen LogP contribution >= 0.6 is 23.1 Å². The second kappa shape index (κ2) is 8.57. The molecule has 0 spiro atoms. The second-order valence-electron chi connectivity index (χ2n) is 7.24. The highest BCUT2D eigenvalue weighted by Crippen LogP contribution is 2.30. The van der Waals surface area contributed by atoms with Gasteiger partial charge in [0.25, 0.3) is 5.22 Å². The van der Waals surface area contributed by atoms with Crippen molar-refractivity contribution in [3.05, 3.63) is 58.6 Å². The minimum atomic E-state index is -0.107. The normalized spacial score (nSPS) is 12.3. The van der Waals surface area contributed by atoms with E-state index >= 15 is 0 Å². The molecule has 1 amide bonds. The Labute approximate surface area is 183 Å². The Morgan fingerprint density at radius 1 is 1.17 bits per heavy atom. The summed E-state index contributed by atoms with van der Waals surface area (Å²) in [7, 11) is 1.80. The second-order valence-corrected chi connectivity index (χ2v) is 9.23. The first-order valence-corrected chi connectivity index (χ1v) is 11.4. The fourth-order valence-corrected chi connectivity index (χ4v) is 4.91. The average molecular weight is 439 g/mol. The molecule has 1 atom stereocenters. The molecule has 0 radical (unpaired) electrons. The molecule has 2 aromatic carbocycles. The van der Waals surface area contributed by atoms with Gasteiger partial charge in [-0.25, -0.2) is 4.98 Å². The summed E-state index contributed by atoms with van der Waals surface area (Å²) in [6.07, 6.45) is 0. The molecule has 0 aliphatic carbocycles. The average Bonchev–Trinajstić information content (AvgIpc) is 3.37. The first-order chi connectivity index (χ1) is 14.4. The highest BCUT2D eigenvalue weighted by molar-refractivity contribution is 7.99. The van der Waals surface area contributed by atoms with Crippen molar-refractivity contribution in [1.82, 2.24) is 20.1 Å². The van der Waals surface area contributed by atoms with E-state index in [1.165, 1.54) is 11.8 Å². The molecule has 2 aromatic heterocycles. The van der Waals surface area contributed by atoms with Crippen LogP contribution in [0, 0.1) is 13.8 Å². The number of thioether (sulfide) groups is 1. The number of para-hydroxylation sites is 1. The summed E-state index contributed by atoms with van der Waals surface area (Å²) in [5.74, 6) is 0.672. The Morgan fingerprint density at radius 2 is 1.90 bits per heavy atom. The van der Waals surface area contributed by atoms with Crippen LogP contribution in [0.3, 0.4) is 0 Å². The zero-order valence-corrected chi connectivity index (χ0v) is 18.9. The summed E-state index contributed by atoms with van der Waals surface area (Å²) in [6.45, 7) is 6.05. The molecule has 2 heterocycles. The number of hydrogen-bond donors (Lipinski definition) is 0. The minimum absolute atomic E-state index is 0.0158. The highest BCUT2D eigenvalue weighted by Gasteiger charge is 2.21. The third-order valence-electron chi connectivity index (χ3n) is 4.84.